The molecule has 0 fully saturated rings. The zero-order valence-electron chi connectivity index (χ0n) is 7.05. The first-order valence-corrected chi connectivity index (χ1v) is 4.54. The predicted octanol–water partition coefficient (Wildman–Crippen LogP) is -0.162. The van der Waals surface area contributed by atoms with Crippen molar-refractivity contribution < 1.29 is 9.63 Å². The number of carbonyl (C=O) groups excluding carboxylic acids is 1. The highest BCUT2D eigenvalue weighted by atomic mass is 27.0. The van der Waals surface area contributed by atoms with Gasteiger partial charge >= 0.3 is 0 Å². The summed E-state index contributed by atoms with van der Waals surface area (Å²) < 4.78 is 0.532. The summed E-state index contributed by atoms with van der Waals surface area (Å²) >= 11 is 1.06. The lowest BCUT2D eigenvalue weighted by atomic mass is 10.3. The molecule has 0 heterocycles. The molecule has 0 saturated carbocycles. The maximum Gasteiger partial charge on any atom is 0.244 e. The second kappa shape index (κ2) is 4.73. The molecular weight excluding hydrogens is 145 g/mol. The number of hydrogen-bond acceptors (Lipinski definition) is 2. The zero-order valence-corrected chi connectivity index (χ0v) is 9.05. The number of nitrogens with zero attached hydrogens (tertiary/aromatic N) is 1. The second-order valence-electron chi connectivity index (χ2n) is 2.67. The number of amides is 1. The van der Waals surface area contributed by atoms with Gasteiger partial charge in [0.1, 0.15) is 0 Å². The van der Waals surface area contributed by atoms with E-state index in [4.69, 9.17) is 4.84 Å². The van der Waals surface area contributed by atoms with E-state index in [1.54, 1.807) is 7.05 Å². The third kappa shape index (κ3) is 3.89. The van der Waals surface area contributed by atoms with Crippen LogP contribution >= 0.6 is 0 Å². The Morgan fingerprint density at radius 2 is 2.30 bits per heavy atom. The van der Waals surface area contributed by atoms with Gasteiger partial charge < -0.3 is 0 Å². The lowest BCUT2D eigenvalue weighted by molar-refractivity contribution is -0.168. The summed E-state index contributed by atoms with van der Waals surface area (Å²) in [4.78, 5) is 15.7. The Morgan fingerprint density at radius 3 is 2.60 bits per heavy atom. The Morgan fingerprint density at radius 1 is 1.80 bits per heavy atom. The highest BCUT2D eigenvalue weighted by Crippen LogP contribution is 2.04. The summed E-state index contributed by atoms with van der Waals surface area (Å²) in [7, 11) is 3.13. The molecule has 0 aromatic rings. The second-order valence-corrected chi connectivity index (χ2v) is 4.64. The summed E-state index contributed by atoms with van der Waals surface area (Å²) in [5, 5.41) is 1.27. The van der Waals surface area contributed by atoms with Crippen LogP contribution in [0.1, 0.15) is 13.3 Å². The van der Waals surface area contributed by atoms with E-state index in [0.717, 1.165) is 16.3 Å². The van der Waals surface area contributed by atoms with Crippen LogP contribution in [-0.2, 0) is 9.63 Å². The molecule has 0 bridgehead atoms. The van der Waals surface area contributed by atoms with Crippen molar-refractivity contribution in [1.29, 1.82) is 0 Å². The van der Waals surface area contributed by atoms with Crippen LogP contribution in [0.2, 0.25) is 4.78 Å². The SMILES string of the molecule is CON(C)C(=O)C[CH](C)[AlH2]. The molecule has 0 rings (SSSR count). The van der Waals surface area contributed by atoms with Crippen molar-refractivity contribution in [3.8, 4) is 0 Å². The Kier molecular flexibility index (Phi) is 4.71. The molecule has 0 spiro atoms. The van der Waals surface area contributed by atoms with Gasteiger partial charge in [-0.05, 0) is 0 Å². The molecule has 0 aromatic carbocycles. The van der Waals surface area contributed by atoms with E-state index in [1.165, 1.54) is 12.2 Å². The summed E-state index contributed by atoms with van der Waals surface area (Å²) in [5.41, 5.74) is 0. The van der Waals surface area contributed by atoms with Gasteiger partial charge in [-0.25, -0.2) is 5.06 Å². The minimum absolute atomic E-state index is 0.0602. The molecular formula is C6H14AlNO2. The van der Waals surface area contributed by atoms with E-state index in [1.807, 2.05) is 0 Å². The smallest absolute Gasteiger partial charge is 0.244 e. The van der Waals surface area contributed by atoms with Crippen LogP contribution in [0.3, 0.4) is 0 Å². The molecule has 1 amide bonds. The third-order valence-corrected chi connectivity index (χ3v) is 1.62. The number of hydroxylamine groups is 2. The molecule has 10 heavy (non-hydrogen) atoms. The van der Waals surface area contributed by atoms with Crippen molar-refractivity contribution in [1.82, 2.24) is 5.06 Å². The largest absolute Gasteiger partial charge is 0.275 e. The maximum atomic E-state index is 11.0. The van der Waals surface area contributed by atoms with Crippen molar-refractivity contribution in [2.24, 2.45) is 0 Å². The van der Waals surface area contributed by atoms with Crippen LogP contribution in [-0.4, -0.2) is 41.4 Å². The minimum Gasteiger partial charge on any atom is -0.275 e. The van der Waals surface area contributed by atoms with Crippen LogP contribution in [0.25, 0.3) is 0 Å². The molecule has 0 aliphatic heterocycles. The highest BCUT2D eigenvalue weighted by Gasteiger charge is 2.08. The Bertz CT molecular complexity index is 116. The molecule has 0 N–H and O–H groups in total. The van der Waals surface area contributed by atoms with Gasteiger partial charge in [0.25, 0.3) is 0 Å². The van der Waals surface area contributed by atoms with Crippen LogP contribution in [0, 0.1) is 0 Å². The van der Waals surface area contributed by atoms with E-state index in [-0.39, 0.29) is 5.91 Å². The van der Waals surface area contributed by atoms with E-state index < -0.39 is 0 Å². The molecule has 0 aliphatic carbocycles. The van der Waals surface area contributed by atoms with Gasteiger partial charge in [0, 0.05) is 13.5 Å². The fraction of sp³-hybridized carbons (Fsp3) is 0.833. The van der Waals surface area contributed by atoms with Gasteiger partial charge in [-0.1, -0.05) is 11.7 Å². The van der Waals surface area contributed by atoms with Gasteiger partial charge in [-0.15, -0.1) is 0 Å². The van der Waals surface area contributed by atoms with E-state index in [9.17, 15) is 4.79 Å². The molecule has 3 nitrogen and oxygen atoms in total. The van der Waals surface area contributed by atoms with Crippen molar-refractivity contribution in [2.75, 3.05) is 14.2 Å². The van der Waals surface area contributed by atoms with Gasteiger partial charge in [-0.3, -0.25) is 9.63 Å². The van der Waals surface area contributed by atoms with E-state index >= 15 is 0 Å². The molecule has 1 unspecified atom stereocenters. The van der Waals surface area contributed by atoms with Gasteiger partial charge in [-0.2, -0.15) is 0 Å². The summed E-state index contributed by atoms with van der Waals surface area (Å²) in [6.07, 6.45) is 0.608. The number of carbonyl (C=O) groups is 1. The highest BCUT2D eigenvalue weighted by molar-refractivity contribution is 6.12. The zero-order chi connectivity index (χ0) is 8.15. The Hall–Kier alpha value is -0.0375. The van der Waals surface area contributed by atoms with Crippen molar-refractivity contribution in [2.45, 2.75) is 18.1 Å². The summed E-state index contributed by atoms with van der Waals surface area (Å²) in [5.74, 6) is 0.0602. The van der Waals surface area contributed by atoms with Crippen LogP contribution in [0.5, 0.6) is 0 Å². The first kappa shape index (κ1) is 9.96. The lowest BCUT2D eigenvalue weighted by Gasteiger charge is -2.14. The van der Waals surface area contributed by atoms with Gasteiger partial charge in [0.05, 0.1) is 7.11 Å². The molecule has 0 saturated heterocycles. The first-order chi connectivity index (χ1) is 4.57. The number of rotatable bonds is 3. The van der Waals surface area contributed by atoms with Crippen LogP contribution < -0.4 is 0 Å². The van der Waals surface area contributed by atoms with Gasteiger partial charge in [0.15, 0.2) is 0 Å². The van der Waals surface area contributed by atoms with Crippen molar-refractivity contribution >= 4 is 22.2 Å². The predicted molar refractivity (Wildman–Crippen MR) is 42.4 cm³/mol. The number of hydrogen-bond donors (Lipinski definition) is 0. The first-order valence-electron chi connectivity index (χ1n) is 3.38. The van der Waals surface area contributed by atoms with Crippen molar-refractivity contribution in [3.05, 3.63) is 0 Å². The molecule has 0 radical (unpaired) electrons. The van der Waals surface area contributed by atoms with Crippen molar-refractivity contribution in [3.63, 3.8) is 0 Å². The van der Waals surface area contributed by atoms with Gasteiger partial charge in [0.2, 0.25) is 22.2 Å². The average molecular weight is 159 g/mol. The molecule has 4 heteroatoms. The summed E-state index contributed by atoms with van der Waals surface area (Å²) in [6.45, 7) is 2.06. The topological polar surface area (TPSA) is 29.5 Å². The Labute approximate surface area is 69.7 Å². The maximum absolute atomic E-state index is 11.0. The quantitative estimate of drug-likeness (QED) is 0.423. The fourth-order valence-corrected chi connectivity index (χ4v) is 0.929. The van der Waals surface area contributed by atoms with E-state index in [0.29, 0.717) is 11.2 Å². The Balaban J connectivity index is 3.62. The monoisotopic (exact) mass is 159 g/mol. The molecule has 58 valence electrons. The van der Waals surface area contributed by atoms with Crippen LogP contribution in [0.15, 0.2) is 0 Å². The van der Waals surface area contributed by atoms with E-state index in [2.05, 4.69) is 6.92 Å². The average Bonchev–Trinajstić information content (AvgIpc) is 1.85. The fourth-order valence-electron chi connectivity index (χ4n) is 0.580. The molecule has 1 atom stereocenters. The standard InChI is InChI=1S/C6H12NO2.Al.2H/c1-4-5-6(8)7(2)9-3;;;/h4H,5H2,1-3H3;;;. The van der Waals surface area contributed by atoms with Crippen LogP contribution in [0.4, 0.5) is 0 Å². The molecule has 0 aliphatic rings. The molecule has 0 aromatic heterocycles. The third-order valence-electron chi connectivity index (χ3n) is 1.21. The minimum atomic E-state index is 0.0602. The normalized spacial score (nSPS) is 12.7. The lowest BCUT2D eigenvalue weighted by Crippen LogP contribution is -2.25. The summed E-state index contributed by atoms with van der Waals surface area (Å²) in [6, 6.07) is 0.